The zero-order valence-electron chi connectivity index (χ0n) is 34.0. The predicted octanol–water partition coefficient (Wildman–Crippen LogP) is 7.03. The monoisotopic (exact) mass is 839 g/mol. The van der Waals surface area contributed by atoms with Gasteiger partial charge in [-0.1, -0.05) is 72.8 Å². The van der Waals surface area contributed by atoms with Gasteiger partial charge >= 0.3 is 12.2 Å². The zero-order valence-corrected chi connectivity index (χ0v) is 34.0. The SMILES string of the molecule is O=C(O)NC(C(=O)N1CCC[C@H]1C(=O)Nc1ccc2c3ccc(NC(=O)[C@@H]4CCCN4C(=O)C(NC(=O)O)c4ccccc4)cc3n(C(C3CC3)C3CC3)c2c1)c1ccccc1. The largest absolute Gasteiger partial charge is 0.465 e. The van der Waals surface area contributed by atoms with E-state index in [1.54, 1.807) is 60.7 Å². The molecule has 5 aromatic rings. The van der Waals surface area contributed by atoms with Crippen molar-refractivity contribution in [2.75, 3.05) is 23.7 Å². The zero-order chi connectivity index (χ0) is 43.1. The second kappa shape index (κ2) is 16.9. The molecule has 320 valence electrons. The van der Waals surface area contributed by atoms with E-state index in [1.165, 1.54) is 9.80 Å². The van der Waals surface area contributed by atoms with Gasteiger partial charge < -0.3 is 45.8 Å². The molecule has 2 aliphatic carbocycles. The predicted molar refractivity (Wildman–Crippen MR) is 231 cm³/mol. The first-order valence-corrected chi connectivity index (χ1v) is 21.4. The second-order valence-electron chi connectivity index (χ2n) is 16.9. The van der Waals surface area contributed by atoms with Crippen molar-refractivity contribution in [1.82, 2.24) is 25.0 Å². The lowest BCUT2D eigenvalue weighted by Crippen LogP contribution is -2.48. The maximum absolute atomic E-state index is 14.0. The third-order valence-electron chi connectivity index (χ3n) is 12.8. The van der Waals surface area contributed by atoms with E-state index < -0.39 is 48.2 Å². The molecule has 15 nitrogen and oxygen atoms in total. The molecular formula is C47H49N7O8. The van der Waals surface area contributed by atoms with Crippen LogP contribution in [0.3, 0.4) is 0 Å². The van der Waals surface area contributed by atoms with Gasteiger partial charge in [-0.25, -0.2) is 9.59 Å². The van der Waals surface area contributed by atoms with Gasteiger partial charge in [-0.15, -0.1) is 0 Å². The number of carboxylic acid groups (broad SMARTS) is 2. The maximum atomic E-state index is 14.0. The fourth-order valence-corrected chi connectivity index (χ4v) is 9.71. The van der Waals surface area contributed by atoms with Crippen molar-refractivity contribution in [3.8, 4) is 0 Å². The third-order valence-corrected chi connectivity index (χ3v) is 12.8. The van der Waals surface area contributed by atoms with E-state index in [4.69, 9.17) is 0 Å². The van der Waals surface area contributed by atoms with Crippen LogP contribution >= 0.6 is 0 Å². The molecule has 2 aliphatic heterocycles. The molecule has 1 aromatic heterocycles. The van der Waals surface area contributed by atoms with Crippen molar-refractivity contribution in [3.05, 3.63) is 108 Å². The molecule has 6 amide bonds. The molecule has 2 saturated heterocycles. The third kappa shape index (κ3) is 8.14. The number of anilines is 2. The van der Waals surface area contributed by atoms with Gasteiger partial charge in [0.25, 0.3) is 11.8 Å². The number of carbonyl (C=O) groups is 6. The minimum Gasteiger partial charge on any atom is -0.465 e. The van der Waals surface area contributed by atoms with Gasteiger partial charge in [0.1, 0.15) is 24.2 Å². The summed E-state index contributed by atoms with van der Waals surface area (Å²) in [4.78, 5) is 82.1. The van der Waals surface area contributed by atoms with E-state index in [0.717, 1.165) is 47.5 Å². The van der Waals surface area contributed by atoms with Crippen molar-refractivity contribution >= 4 is 69.0 Å². The van der Waals surface area contributed by atoms with Crippen molar-refractivity contribution in [2.45, 2.75) is 81.6 Å². The van der Waals surface area contributed by atoms with Crippen LogP contribution in [0.15, 0.2) is 97.1 Å². The first-order chi connectivity index (χ1) is 30.0. The average Bonchev–Trinajstić information content (AvgIpc) is 4.16. The van der Waals surface area contributed by atoms with Crippen LogP contribution in [0.1, 0.15) is 80.6 Å². The van der Waals surface area contributed by atoms with Crippen LogP contribution in [0.4, 0.5) is 21.0 Å². The number of carbonyl (C=O) groups excluding carboxylic acids is 4. The Hall–Kier alpha value is -6.90. The van der Waals surface area contributed by atoms with E-state index in [-0.39, 0.29) is 17.9 Å². The molecule has 0 spiro atoms. The summed E-state index contributed by atoms with van der Waals surface area (Å²) in [6, 6.07) is 25.3. The summed E-state index contributed by atoms with van der Waals surface area (Å²) < 4.78 is 2.38. The maximum Gasteiger partial charge on any atom is 0.405 e. The first kappa shape index (κ1) is 40.5. The van der Waals surface area contributed by atoms with Crippen LogP contribution in [0.2, 0.25) is 0 Å². The van der Waals surface area contributed by atoms with Crippen molar-refractivity contribution < 1.29 is 39.0 Å². The van der Waals surface area contributed by atoms with Gasteiger partial charge in [-0.05, 0) is 98.6 Å². The van der Waals surface area contributed by atoms with Gasteiger partial charge in [0.15, 0.2) is 0 Å². The molecule has 2 saturated carbocycles. The van der Waals surface area contributed by atoms with Crippen molar-refractivity contribution in [1.29, 1.82) is 0 Å². The van der Waals surface area contributed by atoms with Gasteiger partial charge in [0.2, 0.25) is 11.8 Å². The van der Waals surface area contributed by atoms with Crippen LogP contribution in [0.5, 0.6) is 0 Å². The van der Waals surface area contributed by atoms with Crippen molar-refractivity contribution in [2.24, 2.45) is 11.8 Å². The van der Waals surface area contributed by atoms with E-state index in [2.05, 4.69) is 25.8 Å². The Labute approximate surface area is 357 Å². The number of benzene rings is 4. The summed E-state index contributed by atoms with van der Waals surface area (Å²) in [5.74, 6) is -0.653. The highest BCUT2D eigenvalue weighted by atomic mass is 16.4. The Morgan fingerprint density at radius 2 is 0.935 bits per heavy atom. The number of amides is 6. The molecule has 4 fully saturated rings. The average molecular weight is 840 g/mol. The summed E-state index contributed by atoms with van der Waals surface area (Å²) in [5, 5.41) is 32.0. The second-order valence-corrected chi connectivity index (χ2v) is 16.9. The molecule has 62 heavy (non-hydrogen) atoms. The molecule has 2 unspecified atom stereocenters. The topological polar surface area (TPSA) is 202 Å². The Kier molecular flexibility index (Phi) is 11.0. The van der Waals surface area contributed by atoms with Gasteiger partial charge in [0, 0.05) is 41.3 Å². The van der Waals surface area contributed by atoms with Crippen LogP contribution in [-0.2, 0) is 19.2 Å². The molecule has 4 aromatic carbocycles. The summed E-state index contributed by atoms with van der Waals surface area (Å²) >= 11 is 0. The fourth-order valence-electron chi connectivity index (χ4n) is 9.71. The lowest BCUT2D eigenvalue weighted by molar-refractivity contribution is -0.138. The quantitative estimate of drug-likeness (QED) is 0.0725. The molecule has 9 rings (SSSR count). The lowest BCUT2D eigenvalue weighted by Gasteiger charge is -2.28. The van der Waals surface area contributed by atoms with Gasteiger partial charge in [-0.2, -0.15) is 0 Å². The number of fused-ring (bicyclic) bond motifs is 3. The highest BCUT2D eigenvalue weighted by molar-refractivity contribution is 6.11. The Morgan fingerprint density at radius 1 is 0.532 bits per heavy atom. The standard InChI is InChI=1S/C47H49N7O8/c55-42(35-13-7-23-52(35)44(57)39(50-46(59)60)27-9-3-1-4-10-27)48-31-19-21-33-34-22-20-32(26-38(34)54(37(33)25-31)41(29-15-16-29)30-17-18-30)49-43(56)36-14-8-24-53(36)45(58)40(51-47(61)62)28-11-5-2-6-12-28/h1-6,9-12,19-22,25-26,29-30,35-36,39-41,50-51H,7-8,13-18,23-24H2,(H,48,55)(H,49,56)(H,59,60)(H,61,62)/t35-,36-,39?,40?/m0/s1. The highest BCUT2D eigenvalue weighted by Crippen LogP contribution is 2.54. The summed E-state index contributed by atoms with van der Waals surface area (Å²) in [6.45, 7) is 0.646. The van der Waals surface area contributed by atoms with E-state index in [1.807, 2.05) is 36.4 Å². The summed E-state index contributed by atoms with van der Waals surface area (Å²) in [7, 11) is 0. The van der Waals surface area contributed by atoms with Crippen LogP contribution in [-0.4, -0.2) is 85.6 Å². The number of hydrogen-bond donors (Lipinski definition) is 6. The number of aromatic nitrogens is 1. The normalized spacial score (nSPS) is 19.6. The lowest BCUT2D eigenvalue weighted by atomic mass is 10.0. The fraction of sp³-hybridized carbons (Fsp3) is 0.362. The molecule has 6 N–H and O–H groups in total. The molecular weight excluding hydrogens is 791 g/mol. The molecule has 15 heteroatoms. The van der Waals surface area contributed by atoms with E-state index in [9.17, 15) is 39.0 Å². The summed E-state index contributed by atoms with van der Waals surface area (Å²) in [6.07, 6.45) is 3.88. The van der Waals surface area contributed by atoms with Crippen LogP contribution in [0.25, 0.3) is 21.8 Å². The minimum absolute atomic E-state index is 0.228. The molecule has 3 heterocycles. The van der Waals surface area contributed by atoms with Gasteiger partial charge in [-0.3, -0.25) is 19.2 Å². The Morgan fingerprint density at radius 3 is 1.31 bits per heavy atom. The molecule has 4 aliphatic rings. The van der Waals surface area contributed by atoms with E-state index >= 15 is 0 Å². The smallest absolute Gasteiger partial charge is 0.405 e. The number of likely N-dealkylation sites (tertiary alicyclic amines) is 2. The Balaban J connectivity index is 0.986. The van der Waals surface area contributed by atoms with Crippen LogP contribution < -0.4 is 21.3 Å². The van der Waals surface area contributed by atoms with Crippen molar-refractivity contribution in [3.63, 3.8) is 0 Å². The number of rotatable bonds is 13. The number of nitrogens with zero attached hydrogens (tertiary/aromatic N) is 3. The van der Waals surface area contributed by atoms with Gasteiger partial charge in [0.05, 0.1) is 11.0 Å². The van der Waals surface area contributed by atoms with E-state index in [0.29, 0.717) is 73.1 Å². The molecule has 0 bridgehead atoms. The Bertz CT molecular complexity index is 2380. The minimum atomic E-state index is -1.34. The highest BCUT2D eigenvalue weighted by Gasteiger charge is 2.44. The summed E-state index contributed by atoms with van der Waals surface area (Å²) in [5.41, 5.74) is 4.03. The number of hydrogen-bond acceptors (Lipinski definition) is 6. The number of nitrogens with one attached hydrogen (secondary N) is 4. The van der Waals surface area contributed by atoms with Crippen LogP contribution in [0, 0.1) is 11.8 Å². The first-order valence-electron chi connectivity index (χ1n) is 21.4. The molecule has 4 atom stereocenters. The molecule has 0 radical (unpaired) electrons.